The number of rotatable bonds is 4. The van der Waals surface area contributed by atoms with Crippen molar-refractivity contribution in [2.75, 3.05) is 0 Å². The predicted molar refractivity (Wildman–Crippen MR) is 207 cm³/mol. The van der Waals surface area contributed by atoms with Crippen LogP contribution in [-0.2, 0) is 12.8 Å². The number of aromatic nitrogens is 3. The van der Waals surface area contributed by atoms with Gasteiger partial charge in [0.2, 0.25) is 0 Å². The van der Waals surface area contributed by atoms with Gasteiger partial charge in [-0.15, -0.1) is 0 Å². The Kier molecular flexibility index (Phi) is 6.53. The molecular weight excluding hydrogens is 607 g/mol. The minimum Gasteiger partial charge on any atom is -0.309 e. The zero-order valence-corrected chi connectivity index (χ0v) is 27.8. The van der Waals surface area contributed by atoms with Gasteiger partial charge in [-0.25, -0.2) is 9.97 Å². The van der Waals surface area contributed by atoms with Crippen LogP contribution in [0.2, 0.25) is 0 Å². The van der Waals surface area contributed by atoms with Crippen LogP contribution in [0.4, 0.5) is 0 Å². The molecule has 9 aromatic rings. The van der Waals surface area contributed by atoms with Gasteiger partial charge in [-0.2, -0.15) is 0 Å². The summed E-state index contributed by atoms with van der Waals surface area (Å²) in [7, 11) is 0. The van der Waals surface area contributed by atoms with E-state index >= 15 is 0 Å². The molecule has 0 atom stereocenters. The van der Waals surface area contributed by atoms with Crippen LogP contribution in [0, 0.1) is 6.92 Å². The fourth-order valence-electron chi connectivity index (χ4n) is 7.91. The highest BCUT2D eigenvalue weighted by atomic mass is 15.0. The van der Waals surface area contributed by atoms with Gasteiger partial charge in [0, 0.05) is 33.2 Å². The van der Waals surface area contributed by atoms with Crippen LogP contribution >= 0.6 is 0 Å². The van der Waals surface area contributed by atoms with Crippen LogP contribution in [0.25, 0.3) is 72.2 Å². The lowest BCUT2D eigenvalue weighted by Gasteiger charge is -2.22. The molecule has 50 heavy (non-hydrogen) atoms. The van der Waals surface area contributed by atoms with Crippen LogP contribution in [0.15, 0.2) is 158 Å². The monoisotopic (exact) mass is 639 g/mol. The van der Waals surface area contributed by atoms with Crippen molar-refractivity contribution in [2.24, 2.45) is 0 Å². The summed E-state index contributed by atoms with van der Waals surface area (Å²) in [6, 6.07) is 56.8. The van der Waals surface area contributed by atoms with E-state index in [1.807, 2.05) is 24.3 Å². The Labute approximate surface area is 291 Å². The molecule has 10 rings (SSSR count). The molecule has 0 radical (unpaired) electrons. The molecular formula is C47H33N3. The summed E-state index contributed by atoms with van der Waals surface area (Å²) in [5.74, 6) is 0.736. The minimum atomic E-state index is 0.736. The fraction of sp³-hybridized carbons (Fsp3) is 0.0638. The largest absolute Gasteiger partial charge is 0.309 e. The Morgan fingerprint density at radius 1 is 0.460 bits per heavy atom. The van der Waals surface area contributed by atoms with E-state index in [-0.39, 0.29) is 0 Å². The molecule has 0 spiro atoms. The Bertz CT molecular complexity index is 2700. The molecule has 0 N–H and O–H groups in total. The fourth-order valence-corrected chi connectivity index (χ4v) is 7.91. The predicted octanol–water partition coefficient (Wildman–Crippen LogP) is 11.5. The third-order valence-corrected chi connectivity index (χ3v) is 10.4. The van der Waals surface area contributed by atoms with Crippen molar-refractivity contribution in [3.63, 3.8) is 0 Å². The molecule has 0 saturated heterocycles. The first-order chi connectivity index (χ1) is 24.7. The summed E-state index contributed by atoms with van der Waals surface area (Å²) in [5.41, 5.74) is 15.7. The van der Waals surface area contributed by atoms with Gasteiger partial charge in [0.05, 0.1) is 22.4 Å². The summed E-state index contributed by atoms with van der Waals surface area (Å²) < 4.78 is 2.46. The van der Waals surface area contributed by atoms with Crippen molar-refractivity contribution in [2.45, 2.75) is 19.8 Å². The number of fused-ring (bicyclic) bond motifs is 6. The topological polar surface area (TPSA) is 30.7 Å². The second kappa shape index (κ2) is 11.4. The molecule has 3 heteroatoms. The quantitative estimate of drug-likeness (QED) is 0.192. The van der Waals surface area contributed by atoms with Gasteiger partial charge < -0.3 is 4.57 Å². The lowest BCUT2D eigenvalue weighted by Crippen LogP contribution is -2.09. The summed E-state index contributed by atoms with van der Waals surface area (Å²) in [5, 5.41) is 5.10. The molecule has 2 heterocycles. The maximum Gasteiger partial charge on any atom is 0.160 e. The number of hydrogen-bond acceptors (Lipinski definition) is 2. The van der Waals surface area contributed by atoms with Crippen molar-refractivity contribution in [3.8, 4) is 39.6 Å². The first-order valence-electron chi connectivity index (χ1n) is 17.3. The Hall–Kier alpha value is -6.32. The highest BCUT2D eigenvalue weighted by molar-refractivity contribution is 6.10. The van der Waals surface area contributed by atoms with E-state index in [0.29, 0.717) is 0 Å². The number of aryl methyl sites for hydroxylation is 1. The average Bonchev–Trinajstić information content (AvgIpc) is 3.52. The van der Waals surface area contributed by atoms with E-state index in [1.165, 1.54) is 66.1 Å². The Morgan fingerprint density at radius 2 is 1.12 bits per heavy atom. The third-order valence-electron chi connectivity index (χ3n) is 10.4. The normalized spacial score (nSPS) is 12.3. The van der Waals surface area contributed by atoms with Gasteiger partial charge >= 0.3 is 0 Å². The van der Waals surface area contributed by atoms with Crippen LogP contribution in [0.3, 0.4) is 0 Å². The molecule has 0 saturated carbocycles. The standard InChI is InChI=1S/C47H33N3/c1-30-11-10-17-42-41-16-8-9-18-45(41)50(46(30)42)40-22-21-34-24-37-26-36-25-35(20-19-33(36)23-38(37)27-39(34)28-40)44-29-43(31-12-4-2-5-13-31)48-47(49-44)32-14-6-3-7-15-32/h2-23,25-26,28-29H,24,27H2,1H3. The molecule has 0 aliphatic heterocycles. The molecule has 3 nitrogen and oxygen atoms in total. The lowest BCUT2D eigenvalue weighted by atomic mass is 9.84. The summed E-state index contributed by atoms with van der Waals surface area (Å²) in [4.78, 5) is 10.1. The van der Waals surface area contributed by atoms with Crippen LogP contribution in [0.5, 0.6) is 0 Å². The Morgan fingerprint density at radius 3 is 1.94 bits per heavy atom. The maximum atomic E-state index is 5.08. The van der Waals surface area contributed by atoms with Crippen molar-refractivity contribution >= 4 is 32.6 Å². The number of hydrogen-bond donors (Lipinski definition) is 0. The van der Waals surface area contributed by atoms with Gasteiger partial charge in [0.1, 0.15) is 0 Å². The van der Waals surface area contributed by atoms with Crippen LogP contribution in [0.1, 0.15) is 27.8 Å². The summed E-state index contributed by atoms with van der Waals surface area (Å²) in [6.45, 7) is 2.22. The number of para-hydroxylation sites is 2. The number of nitrogens with zero attached hydrogens (tertiary/aromatic N) is 3. The van der Waals surface area contributed by atoms with Gasteiger partial charge in [-0.1, -0.05) is 127 Å². The molecule has 0 bridgehead atoms. The van der Waals surface area contributed by atoms with Gasteiger partial charge in [0.15, 0.2) is 5.82 Å². The molecule has 0 unspecified atom stereocenters. The van der Waals surface area contributed by atoms with Gasteiger partial charge in [-0.05, 0) is 88.7 Å². The van der Waals surface area contributed by atoms with Gasteiger partial charge in [-0.3, -0.25) is 0 Å². The smallest absolute Gasteiger partial charge is 0.160 e. The molecule has 2 aromatic heterocycles. The molecule has 1 aliphatic rings. The Balaban J connectivity index is 1.04. The first kappa shape index (κ1) is 28.7. The van der Waals surface area contributed by atoms with Crippen molar-refractivity contribution in [3.05, 3.63) is 186 Å². The molecule has 1 aliphatic carbocycles. The van der Waals surface area contributed by atoms with E-state index in [4.69, 9.17) is 9.97 Å². The SMILES string of the molecule is Cc1cccc2c3ccccc3n(-c3ccc4c(c3)Cc3cc5ccc(-c6cc(-c7ccccc7)nc(-c7ccccc7)n6)cc5cc3C4)c12. The van der Waals surface area contributed by atoms with Crippen molar-refractivity contribution < 1.29 is 0 Å². The molecule has 0 fully saturated rings. The van der Waals surface area contributed by atoms with Gasteiger partial charge in [0.25, 0.3) is 0 Å². The highest BCUT2D eigenvalue weighted by Gasteiger charge is 2.20. The minimum absolute atomic E-state index is 0.736. The highest BCUT2D eigenvalue weighted by Crippen LogP contribution is 2.37. The van der Waals surface area contributed by atoms with E-state index in [9.17, 15) is 0 Å². The molecule has 236 valence electrons. The zero-order valence-electron chi connectivity index (χ0n) is 27.8. The maximum absolute atomic E-state index is 5.08. The number of benzene rings is 7. The van der Waals surface area contributed by atoms with E-state index in [2.05, 4.69) is 145 Å². The second-order valence-corrected chi connectivity index (χ2v) is 13.5. The second-order valence-electron chi connectivity index (χ2n) is 13.5. The average molecular weight is 640 g/mol. The lowest BCUT2D eigenvalue weighted by molar-refractivity contribution is 0.997. The van der Waals surface area contributed by atoms with E-state index in [1.54, 1.807) is 0 Å². The molecule has 7 aromatic carbocycles. The zero-order chi connectivity index (χ0) is 33.2. The third kappa shape index (κ3) is 4.74. The van der Waals surface area contributed by atoms with Crippen LogP contribution < -0.4 is 0 Å². The van der Waals surface area contributed by atoms with E-state index in [0.717, 1.165) is 46.7 Å². The molecule has 0 amide bonds. The van der Waals surface area contributed by atoms with Crippen molar-refractivity contribution in [1.29, 1.82) is 0 Å². The summed E-state index contributed by atoms with van der Waals surface area (Å²) in [6.07, 6.45) is 1.86. The van der Waals surface area contributed by atoms with Crippen LogP contribution in [-0.4, -0.2) is 14.5 Å². The van der Waals surface area contributed by atoms with E-state index < -0.39 is 0 Å². The first-order valence-corrected chi connectivity index (χ1v) is 17.3. The summed E-state index contributed by atoms with van der Waals surface area (Å²) >= 11 is 0. The van der Waals surface area contributed by atoms with Crippen molar-refractivity contribution in [1.82, 2.24) is 14.5 Å².